The Kier molecular flexibility index (Phi) is 7.84. The van der Waals surface area contributed by atoms with E-state index in [1.165, 1.54) is 43.6 Å². The van der Waals surface area contributed by atoms with Gasteiger partial charge in [0, 0.05) is 42.0 Å². The maximum absolute atomic E-state index is 3.48. The van der Waals surface area contributed by atoms with Crippen molar-refractivity contribution in [1.29, 1.82) is 0 Å². The van der Waals surface area contributed by atoms with Gasteiger partial charge >= 0.3 is 0 Å². The van der Waals surface area contributed by atoms with Gasteiger partial charge < -0.3 is 5.32 Å². The first-order valence-electron chi connectivity index (χ1n) is 7.36. The van der Waals surface area contributed by atoms with Gasteiger partial charge in [-0.15, -0.1) is 36.2 Å². The Bertz CT molecular complexity index is 385. The molecule has 0 amide bonds. The number of hydrogen-bond acceptors (Lipinski definition) is 3. The molecule has 3 rings (SSSR count). The number of thiophene rings is 1. The smallest absolute Gasteiger partial charge is 0.0470 e. The fourth-order valence-electron chi connectivity index (χ4n) is 3.56. The molecular formula is C15H26Cl2N2S. The molecule has 2 nitrogen and oxygen atoms in total. The molecule has 2 fully saturated rings. The maximum Gasteiger partial charge on any atom is 0.0470 e. The number of aryl methyl sites for hydroxylation is 1. The van der Waals surface area contributed by atoms with Crippen LogP contribution in [0.5, 0.6) is 0 Å². The topological polar surface area (TPSA) is 15.3 Å². The van der Waals surface area contributed by atoms with E-state index in [0.717, 1.165) is 19.0 Å². The summed E-state index contributed by atoms with van der Waals surface area (Å²) in [6, 6.07) is 5.38. The molecule has 0 unspecified atom stereocenters. The van der Waals surface area contributed by atoms with E-state index < -0.39 is 0 Å². The number of nitrogens with zero attached hydrogens (tertiary/aromatic N) is 1. The summed E-state index contributed by atoms with van der Waals surface area (Å²) in [6.07, 6.45) is 5.76. The molecule has 0 spiro atoms. The Morgan fingerprint density at radius 3 is 2.35 bits per heavy atom. The van der Waals surface area contributed by atoms with Crippen LogP contribution in [0.3, 0.4) is 0 Å². The molecule has 5 heteroatoms. The van der Waals surface area contributed by atoms with Crippen LogP contribution in [-0.2, 0) is 0 Å². The van der Waals surface area contributed by atoms with E-state index in [-0.39, 0.29) is 24.8 Å². The maximum atomic E-state index is 3.48. The fourth-order valence-corrected chi connectivity index (χ4v) is 4.66. The van der Waals surface area contributed by atoms with Gasteiger partial charge in [-0.3, -0.25) is 4.90 Å². The molecule has 1 saturated heterocycles. The molecular weight excluding hydrogens is 311 g/mol. The van der Waals surface area contributed by atoms with Crippen LogP contribution in [0.2, 0.25) is 0 Å². The highest BCUT2D eigenvalue weighted by Gasteiger charge is 2.32. The molecule has 1 aliphatic carbocycles. The van der Waals surface area contributed by atoms with E-state index in [9.17, 15) is 0 Å². The predicted octanol–water partition coefficient (Wildman–Crippen LogP) is 4.04. The molecule has 1 N–H and O–H groups in total. The van der Waals surface area contributed by atoms with Crippen LogP contribution in [-0.4, -0.2) is 31.1 Å². The van der Waals surface area contributed by atoms with Crippen LogP contribution < -0.4 is 5.32 Å². The standard InChI is InChI=1S/C15H24N2S.2ClH/c1-12-6-7-14(18-12)15(13-4-2-3-5-13)17-10-8-16-9-11-17;;/h6-7,13,15-16H,2-5,8-11H2,1H3;2*1H/t15-;;/m1../s1. The van der Waals surface area contributed by atoms with Crippen molar-refractivity contribution >= 4 is 36.2 Å². The number of rotatable bonds is 3. The molecule has 1 atom stereocenters. The summed E-state index contributed by atoms with van der Waals surface area (Å²) in [5, 5.41) is 3.48. The normalized spacial score (nSPS) is 22.1. The summed E-state index contributed by atoms with van der Waals surface area (Å²) in [4.78, 5) is 5.81. The van der Waals surface area contributed by atoms with Crippen LogP contribution in [0.1, 0.15) is 41.5 Å². The summed E-state index contributed by atoms with van der Waals surface area (Å²) >= 11 is 2.01. The van der Waals surface area contributed by atoms with Gasteiger partial charge in [-0.2, -0.15) is 0 Å². The van der Waals surface area contributed by atoms with E-state index in [0.29, 0.717) is 6.04 Å². The van der Waals surface area contributed by atoms with Crippen LogP contribution in [0, 0.1) is 12.8 Å². The van der Waals surface area contributed by atoms with E-state index in [2.05, 4.69) is 29.3 Å². The van der Waals surface area contributed by atoms with Crippen molar-refractivity contribution in [1.82, 2.24) is 10.2 Å². The molecule has 0 bridgehead atoms. The molecule has 0 radical (unpaired) electrons. The molecule has 2 heterocycles. The zero-order valence-corrected chi connectivity index (χ0v) is 14.6. The second-order valence-corrected chi connectivity index (χ2v) is 7.04. The van der Waals surface area contributed by atoms with Gasteiger partial charge in [0.1, 0.15) is 0 Å². The lowest BCUT2D eigenvalue weighted by atomic mass is 9.94. The van der Waals surface area contributed by atoms with Crippen LogP contribution in [0.15, 0.2) is 12.1 Å². The SMILES string of the molecule is Cc1ccc([C@@H](C2CCCC2)N2CCNCC2)s1.Cl.Cl. The minimum atomic E-state index is 0. The lowest BCUT2D eigenvalue weighted by molar-refractivity contribution is 0.128. The Balaban J connectivity index is 0.000001000. The number of halogens is 2. The van der Waals surface area contributed by atoms with E-state index in [1.807, 2.05) is 11.3 Å². The average Bonchev–Trinajstić information content (AvgIpc) is 3.04. The van der Waals surface area contributed by atoms with E-state index in [1.54, 1.807) is 4.88 Å². The Hall–Kier alpha value is 0.200. The summed E-state index contributed by atoms with van der Waals surface area (Å²) in [5.74, 6) is 0.904. The van der Waals surface area contributed by atoms with Crippen molar-refractivity contribution in [2.75, 3.05) is 26.2 Å². The third-order valence-electron chi connectivity index (χ3n) is 4.44. The van der Waals surface area contributed by atoms with E-state index in [4.69, 9.17) is 0 Å². The van der Waals surface area contributed by atoms with Crippen molar-refractivity contribution in [3.8, 4) is 0 Å². The zero-order valence-electron chi connectivity index (χ0n) is 12.1. The molecule has 20 heavy (non-hydrogen) atoms. The van der Waals surface area contributed by atoms with Gasteiger partial charge in [-0.05, 0) is 37.8 Å². The summed E-state index contributed by atoms with van der Waals surface area (Å²) in [6.45, 7) is 7.00. The number of piperazine rings is 1. The molecule has 1 aromatic rings. The molecule has 116 valence electrons. The van der Waals surface area contributed by atoms with Crippen molar-refractivity contribution in [2.45, 2.75) is 38.6 Å². The van der Waals surface area contributed by atoms with Crippen molar-refractivity contribution < 1.29 is 0 Å². The van der Waals surface area contributed by atoms with Gasteiger partial charge in [-0.25, -0.2) is 0 Å². The fraction of sp³-hybridized carbons (Fsp3) is 0.733. The van der Waals surface area contributed by atoms with Gasteiger partial charge in [0.25, 0.3) is 0 Å². The quantitative estimate of drug-likeness (QED) is 0.896. The second-order valence-electron chi connectivity index (χ2n) is 5.72. The summed E-state index contributed by atoms with van der Waals surface area (Å²) in [5.41, 5.74) is 0. The Morgan fingerprint density at radius 2 is 1.80 bits per heavy atom. The van der Waals surface area contributed by atoms with Crippen LogP contribution in [0.25, 0.3) is 0 Å². The van der Waals surface area contributed by atoms with Gasteiger partial charge in [0.05, 0.1) is 0 Å². The predicted molar refractivity (Wildman–Crippen MR) is 92.7 cm³/mol. The Morgan fingerprint density at radius 1 is 1.15 bits per heavy atom. The van der Waals surface area contributed by atoms with Crippen LogP contribution in [0.4, 0.5) is 0 Å². The van der Waals surface area contributed by atoms with E-state index >= 15 is 0 Å². The lowest BCUT2D eigenvalue weighted by Gasteiger charge is -2.37. The van der Waals surface area contributed by atoms with Gasteiger partial charge in [0.15, 0.2) is 0 Å². The number of nitrogens with one attached hydrogen (secondary N) is 1. The third kappa shape index (κ3) is 4.11. The summed E-state index contributed by atoms with van der Waals surface area (Å²) < 4.78 is 0. The largest absolute Gasteiger partial charge is 0.314 e. The van der Waals surface area contributed by atoms with Gasteiger partial charge in [-0.1, -0.05) is 12.8 Å². The minimum Gasteiger partial charge on any atom is -0.314 e. The average molecular weight is 337 g/mol. The first kappa shape index (κ1) is 18.2. The molecule has 0 aromatic carbocycles. The van der Waals surface area contributed by atoms with Crippen molar-refractivity contribution in [2.24, 2.45) is 5.92 Å². The monoisotopic (exact) mass is 336 g/mol. The number of hydrogen-bond donors (Lipinski definition) is 1. The van der Waals surface area contributed by atoms with Crippen molar-refractivity contribution in [3.05, 3.63) is 21.9 Å². The second kappa shape index (κ2) is 8.60. The third-order valence-corrected chi connectivity index (χ3v) is 5.52. The highest BCUT2D eigenvalue weighted by atomic mass is 35.5. The molecule has 2 aliphatic rings. The minimum absolute atomic E-state index is 0. The zero-order chi connectivity index (χ0) is 12.4. The Labute approximate surface area is 139 Å². The highest BCUT2D eigenvalue weighted by molar-refractivity contribution is 7.12. The molecule has 1 aliphatic heterocycles. The van der Waals surface area contributed by atoms with Crippen LogP contribution >= 0.6 is 36.2 Å². The summed E-state index contributed by atoms with van der Waals surface area (Å²) in [7, 11) is 0. The highest BCUT2D eigenvalue weighted by Crippen LogP contribution is 2.41. The first-order chi connectivity index (χ1) is 8.84. The first-order valence-corrected chi connectivity index (χ1v) is 8.17. The molecule has 1 saturated carbocycles. The lowest BCUT2D eigenvalue weighted by Crippen LogP contribution is -2.46. The van der Waals surface area contributed by atoms with Gasteiger partial charge in [0.2, 0.25) is 0 Å². The molecule has 1 aromatic heterocycles. The van der Waals surface area contributed by atoms with Crippen molar-refractivity contribution in [3.63, 3.8) is 0 Å².